The number of rotatable bonds is 4. The van der Waals surface area contributed by atoms with Gasteiger partial charge in [0.05, 0.1) is 0 Å². The van der Waals surface area contributed by atoms with Crippen molar-refractivity contribution in [2.75, 3.05) is 13.2 Å². The number of ether oxygens (including phenoxy) is 1. The molecule has 2 heterocycles. The molecule has 2 rings (SSSR count). The van der Waals surface area contributed by atoms with Gasteiger partial charge in [0.25, 0.3) is 0 Å². The Kier molecular flexibility index (Phi) is 3.06. The molecule has 1 aliphatic rings. The van der Waals surface area contributed by atoms with Crippen LogP contribution in [0.1, 0.15) is 23.3 Å². The molecule has 82 valence electrons. The average Bonchev–Trinajstić information content (AvgIpc) is 2.86. The van der Waals surface area contributed by atoms with E-state index in [1.807, 2.05) is 6.20 Å². The maximum atomic E-state index is 10.8. The summed E-state index contributed by atoms with van der Waals surface area (Å²) >= 11 is 0. The monoisotopic (exact) mass is 209 g/mol. The van der Waals surface area contributed by atoms with Gasteiger partial charge in [-0.3, -0.25) is 0 Å². The van der Waals surface area contributed by atoms with Gasteiger partial charge in [0, 0.05) is 26.0 Å². The van der Waals surface area contributed by atoms with Crippen LogP contribution in [0.3, 0.4) is 0 Å². The first-order chi connectivity index (χ1) is 7.27. The molecule has 0 amide bonds. The number of aryl methyl sites for hydroxylation is 1. The van der Waals surface area contributed by atoms with Gasteiger partial charge in [-0.05, 0) is 30.9 Å². The third-order valence-electron chi connectivity index (χ3n) is 2.85. The number of carboxylic acids is 1. The summed E-state index contributed by atoms with van der Waals surface area (Å²) in [5.41, 5.74) is 0.369. The fourth-order valence-electron chi connectivity index (χ4n) is 1.94. The lowest BCUT2D eigenvalue weighted by molar-refractivity contribution is 0.0684. The summed E-state index contributed by atoms with van der Waals surface area (Å²) in [6, 6.07) is 3.40. The van der Waals surface area contributed by atoms with Crippen molar-refractivity contribution in [3.05, 3.63) is 24.0 Å². The lowest BCUT2D eigenvalue weighted by Crippen LogP contribution is -2.11. The summed E-state index contributed by atoms with van der Waals surface area (Å²) in [4.78, 5) is 10.8. The molecule has 1 aromatic heterocycles. The van der Waals surface area contributed by atoms with Crippen LogP contribution in [0.4, 0.5) is 0 Å². The molecule has 1 N–H and O–H groups in total. The molecule has 0 bridgehead atoms. The van der Waals surface area contributed by atoms with Crippen molar-refractivity contribution in [1.29, 1.82) is 0 Å². The zero-order chi connectivity index (χ0) is 10.7. The predicted octanol–water partition coefficient (Wildman–Crippen LogP) is 1.61. The van der Waals surface area contributed by atoms with Gasteiger partial charge >= 0.3 is 5.97 Å². The summed E-state index contributed by atoms with van der Waals surface area (Å²) in [5.74, 6) is -0.267. The molecule has 4 heteroatoms. The zero-order valence-electron chi connectivity index (χ0n) is 8.56. The standard InChI is InChI=1S/C11H15NO3/c13-11(14)10-2-1-5-12(10)6-3-9-4-7-15-8-9/h1-2,5,9H,3-4,6-8H2,(H,13,14). The lowest BCUT2D eigenvalue weighted by Gasteiger charge is -2.09. The first-order valence-corrected chi connectivity index (χ1v) is 5.23. The van der Waals surface area contributed by atoms with E-state index >= 15 is 0 Å². The Morgan fingerprint density at radius 2 is 2.53 bits per heavy atom. The van der Waals surface area contributed by atoms with Crippen molar-refractivity contribution < 1.29 is 14.6 Å². The van der Waals surface area contributed by atoms with Crippen molar-refractivity contribution in [2.45, 2.75) is 19.4 Å². The highest BCUT2D eigenvalue weighted by atomic mass is 16.5. The summed E-state index contributed by atoms with van der Waals surface area (Å²) in [7, 11) is 0. The third-order valence-corrected chi connectivity index (χ3v) is 2.85. The number of carboxylic acid groups (broad SMARTS) is 1. The Morgan fingerprint density at radius 1 is 1.67 bits per heavy atom. The van der Waals surface area contributed by atoms with Gasteiger partial charge < -0.3 is 14.4 Å². The molecule has 15 heavy (non-hydrogen) atoms. The highest BCUT2D eigenvalue weighted by molar-refractivity contribution is 5.85. The van der Waals surface area contributed by atoms with E-state index in [0.29, 0.717) is 11.6 Å². The number of hydrogen-bond acceptors (Lipinski definition) is 2. The van der Waals surface area contributed by atoms with Gasteiger partial charge in [-0.1, -0.05) is 0 Å². The third kappa shape index (κ3) is 2.39. The SMILES string of the molecule is O=C(O)c1cccn1CCC1CCOC1. The Bertz CT molecular complexity index is 339. The average molecular weight is 209 g/mol. The van der Waals surface area contributed by atoms with Crippen molar-refractivity contribution >= 4 is 5.97 Å². The summed E-state index contributed by atoms with van der Waals surface area (Å²) < 4.78 is 7.07. The van der Waals surface area contributed by atoms with E-state index in [9.17, 15) is 4.79 Å². The van der Waals surface area contributed by atoms with E-state index in [-0.39, 0.29) is 0 Å². The van der Waals surface area contributed by atoms with Gasteiger partial charge in [-0.15, -0.1) is 0 Å². The zero-order valence-corrected chi connectivity index (χ0v) is 8.56. The quantitative estimate of drug-likeness (QED) is 0.819. The van der Waals surface area contributed by atoms with Gasteiger partial charge in [0.2, 0.25) is 0 Å². The highest BCUT2D eigenvalue weighted by Crippen LogP contribution is 2.17. The molecular weight excluding hydrogens is 194 g/mol. The van der Waals surface area contributed by atoms with Gasteiger partial charge in [-0.2, -0.15) is 0 Å². The number of hydrogen-bond donors (Lipinski definition) is 1. The van der Waals surface area contributed by atoms with Crippen LogP contribution in [0.5, 0.6) is 0 Å². The van der Waals surface area contributed by atoms with E-state index < -0.39 is 5.97 Å². The molecule has 1 aromatic rings. The molecule has 4 nitrogen and oxygen atoms in total. The molecule has 1 fully saturated rings. The molecule has 1 aliphatic heterocycles. The van der Waals surface area contributed by atoms with Crippen LogP contribution in [-0.4, -0.2) is 28.9 Å². The molecule has 0 radical (unpaired) electrons. The normalized spacial score (nSPS) is 20.7. The van der Waals surface area contributed by atoms with Crippen LogP contribution >= 0.6 is 0 Å². The number of carbonyl (C=O) groups is 1. The number of aromatic carboxylic acids is 1. The van der Waals surface area contributed by atoms with Crippen LogP contribution in [0.2, 0.25) is 0 Å². The van der Waals surface area contributed by atoms with Crippen LogP contribution < -0.4 is 0 Å². The van der Waals surface area contributed by atoms with E-state index in [0.717, 1.165) is 32.6 Å². The predicted molar refractivity (Wildman–Crippen MR) is 54.9 cm³/mol. The molecule has 0 spiro atoms. The summed E-state index contributed by atoms with van der Waals surface area (Å²) in [6.07, 6.45) is 3.91. The number of nitrogens with zero attached hydrogens (tertiary/aromatic N) is 1. The maximum absolute atomic E-state index is 10.8. The van der Waals surface area contributed by atoms with Crippen LogP contribution in [-0.2, 0) is 11.3 Å². The molecule has 0 aliphatic carbocycles. The first-order valence-electron chi connectivity index (χ1n) is 5.23. The van der Waals surface area contributed by atoms with E-state index in [4.69, 9.17) is 9.84 Å². The van der Waals surface area contributed by atoms with Crippen LogP contribution in [0.15, 0.2) is 18.3 Å². The Labute approximate surface area is 88.5 Å². The van der Waals surface area contributed by atoms with E-state index in [1.165, 1.54) is 0 Å². The second-order valence-electron chi connectivity index (χ2n) is 3.91. The minimum Gasteiger partial charge on any atom is -0.477 e. The van der Waals surface area contributed by atoms with Gasteiger partial charge in [0.1, 0.15) is 5.69 Å². The number of aromatic nitrogens is 1. The fraction of sp³-hybridized carbons (Fsp3) is 0.545. The van der Waals surface area contributed by atoms with Crippen molar-refractivity contribution in [1.82, 2.24) is 4.57 Å². The summed E-state index contributed by atoms with van der Waals surface area (Å²) in [6.45, 7) is 2.44. The van der Waals surface area contributed by atoms with Crippen molar-refractivity contribution in [3.63, 3.8) is 0 Å². The molecule has 0 aromatic carbocycles. The largest absolute Gasteiger partial charge is 0.477 e. The maximum Gasteiger partial charge on any atom is 0.352 e. The van der Waals surface area contributed by atoms with E-state index in [1.54, 1.807) is 16.7 Å². The van der Waals surface area contributed by atoms with Gasteiger partial charge in [-0.25, -0.2) is 4.79 Å². The Hall–Kier alpha value is -1.29. The fourth-order valence-corrected chi connectivity index (χ4v) is 1.94. The minimum absolute atomic E-state index is 0.369. The molecule has 0 saturated carbocycles. The smallest absolute Gasteiger partial charge is 0.352 e. The van der Waals surface area contributed by atoms with Crippen LogP contribution in [0, 0.1) is 5.92 Å². The lowest BCUT2D eigenvalue weighted by atomic mass is 10.1. The molecule has 1 atom stereocenters. The molecule has 1 saturated heterocycles. The van der Waals surface area contributed by atoms with Crippen molar-refractivity contribution in [3.8, 4) is 0 Å². The van der Waals surface area contributed by atoms with Crippen molar-refractivity contribution in [2.24, 2.45) is 5.92 Å². The Morgan fingerprint density at radius 3 is 3.20 bits per heavy atom. The second-order valence-corrected chi connectivity index (χ2v) is 3.91. The molecule has 1 unspecified atom stereocenters. The topological polar surface area (TPSA) is 51.5 Å². The second kappa shape index (κ2) is 4.49. The van der Waals surface area contributed by atoms with Gasteiger partial charge in [0.15, 0.2) is 0 Å². The molecular formula is C11H15NO3. The Balaban J connectivity index is 1.92. The summed E-state index contributed by atoms with van der Waals surface area (Å²) in [5, 5.41) is 8.90. The minimum atomic E-state index is -0.859. The highest BCUT2D eigenvalue weighted by Gasteiger charge is 2.16. The first kappa shape index (κ1) is 10.2. The van der Waals surface area contributed by atoms with Crippen LogP contribution in [0.25, 0.3) is 0 Å². The van der Waals surface area contributed by atoms with E-state index in [2.05, 4.69) is 0 Å².